The maximum atomic E-state index is 13.5. The summed E-state index contributed by atoms with van der Waals surface area (Å²) in [6.07, 6.45) is 5.15. The van der Waals surface area contributed by atoms with Crippen LogP contribution in [0.3, 0.4) is 0 Å². The first-order valence-electron chi connectivity index (χ1n) is 11.5. The number of pyridine rings is 2. The molecule has 2 aromatic carbocycles. The van der Waals surface area contributed by atoms with E-state index in [0.717, 1.165) is 12.8 Å². The Morgan fingerprint density at radius 3 is 2.12 bits per heavy atom. The van der Waals surface area contributed by atoms with Crippen LogP contribution in [-0.4, -0.2) is 27.1 Å². The Balaban J connectivity index is 1.62. The highest BCUT2D eigenvalue weighted by molar-refractivity contribution is 6.07. The van der Waals surface area contributed by atoms with Crippen LogP contribution in [0.1, 0.15) is 44.7 Å². The van der Waals surface area contributed by atoms with Gasteiger partial charge in [-0.2, -0.15) is 0 Å². The normalized spacial score (nSPS) is 17.5. The van der Waals surface area contributed by atoms with Gasteiger partial charge in [0.15, 0.2) is 11.4 Å². The lowest BCUT2D eigenvalue weighted by Gasteiger charge is -2.40. The second-order valence-corrected chi connectivity index (χ2v) is 8.83. The minimum Gasteiger partial charge on any atom is -0.503 e. The molecule has 34 heavy (non-hydrogen) atoms. The number of hydrogen-bond acceptors (Lipinski definition) is 4. The van der Waals surface area contributed by atoms with Gasteiger partial charge in [-0.1, -0.05) is 54.6 Å². The molecule has 0 bridgehead atoms. The van der Waals surface area contributed by atoms with E-state index in [1.54, 1.807) is 34.0 Å². The van der Waals surface area contributed by atoms with E-state index in [-0.39, 0.29) is 17.7 Å². The lowest BCUT2D eigenvalue weighted by Crippen LogP contribution is -2.46. The molecule has 6 rings (SSSR count). The molecule has 1 atom stereocenters. The monoisotopic (exact) mass is 449 g/mol. The zero-order valence-electron chi connectivity index (χ0n) is 18.5. The van der Waals surface area contributed by atoms with Crippen molar-refractivity contribution in [2.24, 2.45) is 0 Å². The number of aromatic nitrogens is 2. The third-order valence-corrected chi connectivity index (χ3v) is 7.03. The van der Waals surface area contributed by atoms with Crippen molar-refractivity contribution in [2.75, 3.05) is 11.4 Å². The lowest BCUT2D eigenvalue weighted by molar-refractivity contribution is 0.0945. The minimum absolute atomic E-state index is 0.00797. The summed E-state index contributed by atoms with van der Waals surface area (Å²) >= 11 is 0. The molecule has 1 unspecified atom stereocenters. The molecular formula is C28H23N3O3. The van der Waals surface area contributed by atoms with E-state index in [4.69, 9.17) is 0 Å². The fraction of sp³-hybridized carbons (Fsp3) is 0.179. The third kappa shape index (κ3) is 3.14. The quantitative estimate of drug-likeness (QED) is 0.500. The third-order valence-electron chi connectivity index (χ3n) is 7.03. The molecule has 3 heterocycles. The fourth-order valence-electron chi connectivity index (χ4n) is 5.47. The van der Waals surface area contributed by atoms with E-state index in [1.165, 1.54) is 28.3 Å². The van der Waals surface area contributed by atoms with Gasteiger partial charge in [0.2, 0.25) is 5.43 Å². The summed E-state index contributed by atoms with van der Waals surface area (Å²) in [7, 11) is 0. The van der Waals surface area contributed by atoms with Crippen molar-refractivity contribution in [2.45, 2.75) is 24.8 Å². The van der Waals surface area contributed by atoms with Crippen molar-refractivity contribution in [3.8, 4) is 5.75 Å². The largest absolute Gasteiger partial charge is 0.503 e. The van der Waals surface area contributed by atoms with E-state index >= 15 is 0 Å². The maximum Gasteiger partial charge on any atom is 0.280 e. The SMILES string of the molecule is O=C1c2c(O)c(=O)ccn2C(C2c3ccccc3CCc3ccccc32)CN1c1ccccn1. The number of aryl methyl sites for hydroxylation is 2. The molecule has 168 valence electrons. The number of nitrogens with zero attached hydrogens (tertiary/aromatic N) is 3. The average Bonchev–Trinajstić information content (AvgIpc) is 3.04. The molecule has 6 nitrogen and oxygen atoms in total. The summed E-state index contributed by atoms with van der Waals surface area (Å²) in [5.74, 6) is -0.529. The summed E-state index contributed by atoms with van der Waals surface area (Å²) in [6, 6.07) is 23.4. The fourth-order valence-corrected chi connectivity index (χ4v) is 5.47. The molecule has 1 amide bonds. The first-order chi connectivity index (χ1) is 16.6. The van der Waals surface area contributed by atoms with Crippen LogP contribution in [0.2, 0.25) is 0 Å². The van der Waals surface area contributed by atoms with Crippen LogP contribution in [0.4, 0.5) is 5.82 Å². The second-order valence-electron chi connectivity index (χ2n) is 8.83. The maximum absolute atomic E-state index is 13.5. The van der Waals surface area contributed by atoms with E-state index < -0.39 is 17.1 Å². The number of amides is 1. The molecule has 0 saturated carbocycles. The van der Waals surface area contributed by atoms with Gasteiger partial charge >= 0.3 is 0 Å². The van der Waals surface area contributed by atoms with Crippen LogP contribution < -0.4 is 10.3 Å². The molecule has 0 saturated heterocycles. The van der Waals surface area contributed by atoms with Gasteiger partial charge in [0, 0.05) is 30.9 Å². The Morgan fingerprint density at radius 1 is 0.824 bits per heavy atom. The van der Waals surface area contributed by atoms with Gasteiger partial charge in [0.05, 0.1) is 6.04 Å². The zero-order chi connectivity index (χ0) is 23.2. The Morgan fingerprint density at radius 2 is 1.47 bits per heavy atom. The van der Waals surface area contributed by atoms with Crippen LogP contribution in [0, 0.1) is 0 Å². The van der Waals surface area contributed by atoms with E-state index in [0.29, 0.717) is 12.4 Å². The smallest absolute Gasteiger partial charge is 0.280 e. The predicted octanol–water partition coefficient (Wildman–Crippen LogP) is 4.08. The second kappa shape index (κ2) is 7.99. The van der Waals surface area contributed by atoms with Crippen molar-refractivity contribution < 1.29 is 9.90 Å². The van der Waals surface area contributed by atoms with E-state index in [1.807, 2.05) is 18.2 Å². The number of rotatable bonds is 2. The first-order valence-corrected chi connectivity index (χ1v) is 11.5. The standard InChI is InChI=1S/C28H23N3O3/c32-23-14-16-30-22(17-31(24-11-5-6-15-29-24)28(34)26(30)27(23)33)25-20-9-3-1-7-18(20)12-13-19-8-2-4-10-21(19)25/h1-11,14-16,22,25,33H,12-13,17H2. The number of aromatic hydroxyl groups is 1. The lowest BCUT2D eigenvalue weighted by atomic mass is 9.81. The molecule has 4 aromatic rings. The van der Waals surface area contributed by atoms with Gasteiger partial charge in [0.1, 0.15) is 5.82 Å². The number of fused-ring (bicyclic) bond motifs is 3. The molecule has 0 fully saturated rings. The van der Waals surface area contributed by atoms with Gasteiger partial charge in [0.25, 0.3) is 5.91 Å². The van der Waals surface area contributed by atoms with E-state index in [9.17, 15) is 14.7 Å². The number of anilines is 1. The highest BCUT2D eigenvalue weighted by Crippen LogP contribution is 2.44. The molecular weight excluding hydrogens is 426 g/mol. The number of hydrogen-bond donors (Lipinski definition) is 1. The van der Waals surface area contributed by atoms with Crippen LogP contribution in [0.5, 0.6) is 5.75 Å². The van der Waals surface area contributed by atoms with Crippen LogP contribution in [-0.2, 0) is 12.8 Å². The Hall–Kier alpha value is -4.19. The first kappa shape index (κ1) is 20.4. The van der Waals surface area contributed by atoms with Crippen molar-refractivity contribution in [1.29, 1.82) is 0 Å². The van der Waals surface area contributed by atoms with Gasteiger partial charge in [-0.25, -0.2) is 4.98 Å². The van der Waals surface area contributed by atoms with Gasteiger partial charge < -0.3 is 9.67 Å². The summed E-state index contributed by atoms with van der Waals surface area (Å²) in [5, 5.41) is 10.7. The molecule has 0 radical (unpaired) electrons. The molecule has 2 aliphatic rings. The number of benzene rings is 2. The van der Waals surface area contributed by atoms with Crippen LogP contribution in [0.25, 0.3) is 0 Å². The Kier molecular flexibility index (Phi) is 4.80. The minimum atomic E-state index is -0.567. The van der Waals surface area contributed by atoms with Gasteiger partial charge in [-0.3, -0.25) is 14.5 Å². The van der Waals surface area contributed by atoms with Gasteiger partial charge in [-0.15, -0.1) is 0 Å². The Bertz CT molecular complexity index is 1410. The van der Waals surface area contributed by atoms with Crippen LogP contribution in [0.15, 0.2) is 90.0 Å². The molecule has 1 aliphatic carbocycles. The molecule has 2 aromatic heterocycles. The molecule has 6 heteroatoms. The topological polar surface area (TPSA) is 75.4 Å². The number of carbonyl (C=O) groups excluding carboxylic acids is 1. The highest BCUT2D eigenvalue weighted by atomic mass is 16.3. The summed E-state index contributed by atoms with van der Waals surface area (Å²) < 4.78 is 1.79. The van der Waals surface area contributed by atoms with Crippen molar-refractivity contribution >= 4 is 11.7 Å². The zero-order valence-corrected chi connectivity index (χ0v) is 18.5. The summed E-state index contributed by atoms with van der Waals surface area (Å²) in [5.41, 5.74) is 4.40. The summed E-state index contributed by atoms with van der Waals surface area (Å²) in [4.78, 5) is 31.9. The predicted molar refractivity (Wildman–Crippen MR) is 129 cm³/mol. The summed E-state index contributed by atoms with van der Waals surface area (Å²) in [6.45, 7) is 0.360. The molecule has 0 spiro atoms. The molecule has 1 aliphatic heterocycles. The van der Waals surface area contributed by atoms with Crippen LogP contribution >= 0.6 is 0 Å². The Labute approximate surface area is 196 Å². The van der Waals surface area contributed by atoms with Crippen molar-refractivity contribution in [3.63, 3.8) is 0 Å². The van der Waals surface area contributed by atoms with E-state index in [2.05, 4.69) is 41.4 Å². The van der Waals surface area contributed by atoms with Crippen molar-refractivity contribution in [3.05, 3.63) is 123 Å². The average molecular weight is 450 g/mol. The highest BCUT2D eigenvalue weighted by Gasteiger charge is 2.41. The van der Waals surface area contributed by atoms with Gasteiger partial charge in [-0.05, 0) is 47.2 Å². The molecule has 1 N–H and O–H groups in total. The van der Waals surface area contributed by atoms with Crippen molar-refractivity contribution in [1.82, 2.24) is 9.55 Å². The number of carbonyl (C=O) groups is 1.